The second-order valence-electron chi connectivity index (χ2n) is 24.3. The fourth-order valence-electron chi connectivity index (χ4n) is 15.5. The van der Waals surface area contributed by atoms with Gasteiger partial charge < -0.3 is 24.2 Å². The highest BCUT2D eigenvalue weighted by atomic mass is 15.2. The smallest absolute Gasteiger partial charge is 0.0756 e. The normalized spacial score (nSPS) is 14.3. The van der Waals surface area contributed by atoms with Crippen LogP contribution in [0.2, 0.25) is 0 Å². The van der Waals surface area contributed by atoms with Crippen LogP contribution in [0.1, 0.15) is 35.1 Å². The lowest BCUT2D eigenvalue weighted by atomic mass is 9.65. The summed E-state index contributed by atoms with van der Waals surface area (Å²) in [5.41, 5.74) is 23.6. The summed E-state index contributed by atoms with van der Waals surface area (Å²) < 4.78 is 2.55. The molecule has 5 nitrogen and oxygen atoms in total. The van der Waals surface area contributed by atoms with Gasteiger partial charge in [-0.2, -0.15) is 0 Å². The first-order chi connectivity index (χ1) is 45.7. The van der Waals surface area contributed by atoms with Gasteiger partial charge >= 0.3 is 0 Å². The highest BCUT2D eigenvalue weighted by Crippen LogP contribution is 2.63. The Bertz CT molecular complexity index is 5370. The van der Waals surface area contributed by atoms with Gasteiger partial charge in [-0.3, -0.25) is 0 Å². The van der Waals surface area contributed by atoms with Crippen molar-refractivity contribution in [2.45, 2.75) is 18.3 Å². The molecule has 5 heteroatoms. The predicted molar refractivity (Wildman–Crippen MR) is 386 cm³/mol. The maximum absolute atomic E-state index is 2.55. The van der Waals surface area contributed by atoms with E-state index in [4.69, 9.17) is 0 Å². The molecule has 434 valence electrons. The van der Waals surface area contributed by atoms with Crippen LogP contribution < -0.4 is 19.6 Å². The molecule has 14 aromatic carbocycles. The predicted octanol–water partition coefficient (Wildman–Crippen LogP) is 23.5. The third-order valence-electron chi connectivity index (χ3n) is 19.3. The van der Waals surface area contributed by atoms with E-state index in [1.54, 1.807) is 0 Å². The molecule has 0 amide bonds. The second-order valence-corrected chi connectivity index (χ2v) is 24.3. The first-order valence-electron chi connectivity index (χ1n) is 32.0. The Balaban J connectivity index is 0.874. The Kier molecular flexibility index (Phi) is 12.5. The molecule has 1 spiro atoms. The summed E-state index contributed by atoms with van der Waals surface area (Å²) in [7, 11) is 0. The van der Waals surface area contributed by atoms with Crippen LogP contribution in [-0.4, -0.2) is 4.57 Å². The Morgan fingerprint density at radius 1 is 0.293 bits per heavy atom. The zero-order valence-corrected chi connectivity index (χ0v) is 50.6. The summed E-state index contributed by atoms with van der Waals surface area (Å²) in [5, 5.41) is 7.21. The molecule has 3 aliphatic rings. The molecule has 18 rings (SSSR count). The molecule has 0 bridgehead atoms. The molecule has 0 saturated heterocycles. The topological polar surface area (TPSA) is 17.9 Å². The van der Waals surface area contributed by atoms with Crippen molar-refractivity contribution in [3.05, 3.63) is 374 Å². The molecule has 92 heavy (non-hydrogen) atoms. The standard InChI is InChI=1S/C87H61N5/c1-5-28-62(29-6-1)88(63-30-7-2-8-31-63)66-46-50-68(51-47-66)90(82-44-21-26-60-24-13-15-36-72(60)82)70-54-56-74-75-57-55-71(59-81(75)87(80(74)58-70)78-40-18-20-43-85(78)92-84-42-19-17-38-76(84)77-39-23-41-79(87)86(77)92)91(83-45-22-27-61-25-14-16-37-73(61)83)69-52-48-67(49-53-69)89(64-32-9-3-10-33-64)65-34-11-4-12-35-65/h1-11,13-34,36-59H,12,35H2. The van der Waals surface area contributed by atoms with Crippen molar-refractivity contribution in [3.8, 4) is 16.8 Å². The number of hydrogen-bond donors (Lipinski definition) is 0. The van der Waals surface area contributed by atoms with Gasteiger partial charge in [0.15, 0.2) is 0 Å². The van der Waals surface area contributed by atoms with Crippen LogP contribution in [0.4, 0.5) is 62.6 Å². The molecule has 0 fully saturated rings. The Morgan fingerprint density at radius 3 is 1.26 bits per heavy atom. The number of anilines is 11. The summed E-state index contributed by atoms with van der Waals surface area (Å²) in [6.45, 7) is 0. The Morgan fingerprint density at radius 2 is 0.707 bits per heavy atom. The molecule has 0 saturated carbocycles. The molecule has 1 unspecified atom stereocenters. The van der Waals surface area contributed by atoms with Crippen LogP contribution in [0.15, 0.2) is 352 Å². The average Bonchev–Trinajstić information content (AvgIpc) is 1.47. The zero-order chi connectivity index (χ0) is 60.7. The number of benzene rings is 14. The Hall–Kier alpha value is -11.9. The van der Waals surface area contributed by atoms with Gasteiger partial charge in [0, 0.05) is 78.4 Å². The quantitative estimate of drug-likeness (QED) is 0.121. The van der Waals surface area contributed by atoms with Crippen molar-refractivity contribution in [2.24, 2.45) is 0 Å². The van der Waals surface area contributed by atoms with Crippen LogP contribution in [0.3, 0.4) is 0 Å². The van der Waals surface area contributed by atoms with Gasteiger partial charge in [-0.15, -0.1) is 0 Å². The largest absolute Gasteiger partial charge is 0.314 e. The van der Waals surface area contributed by atoms with E-state index in [1.165, 1.54) is 88.1 Å². The van der Waals surface area contributed by atoms with E-state index in [0.29, 0.717) is 0 Å². The highest BCUT2D eigenvalue weighted by Gasteiger charge is 2.51. The molecular formula is C87H61N5. The van der Waals surface area contributed by atoms with Crippen molar-refractivity contribution >= 4 is 106 Å². The minimum atomic E-state index is -0.788. The van der Waals surface area contributed by atoms with Gasteiger partial charge in [-0.1, -0.05) is 206 Å². The van der Waals surface area contributed by atoms with Crippen LogP contribution in [0.5, 0.6) is 0 Å². The van der Waals surface area contributed by atoms with E-state index in [9.17, 15) is 0 Å². The van der Waals surface area contributed by atoms with Gasteiger partial charge in [0.1, 0.15) is 0 Å². The number of aromatic nitrogens is 1. The zero-order valence-electron chi connectivity index (χ0n) is 50.6. The summed E-state index contributed by atoms with van der Waals surface area (Å²) in [4.78, 5) is 9.74. The fraction of sp³-hybridized carbons (Fsp3) is 0.0345. The third kappa shape index (κ3) is 8.32. The first kappa shape index (κ1) is 53.1. The minimum Gasteiger partial charge on any atom is -0.314 e. The van der Waals surface area contributed by atoms with Gasteiger partial charge in [-0.05, 0) is 197 Å². The lowest BCUT2D eigenvalue weighted by Gasteiger charge is -2.40. The van der Waals surface area contributed by atoms with Gasteiger partial charge in [0.05, 0.1) is 33.5 Å². The number of nitrogens with zero attached hydrogens (tertiary/aromatic N) is 5. The lowest BCUT2D eigenvalue weighted by molar-refractivity contribution is 0.748. The van der Waals surface area contributed by atoms with Crippen molar-refractivity contribution in [1.29, 1.82) is 0 Å². The van der Waals surface area contributed by atoms with Crippen LogP contribution in [0.25, 0.3) is 60.2 Å². The summed E-state index contributed by atoms with van der Waals surface area (Å²) >= 11 is 0. The number of allylic oxidation sites excluding steroid dienone is 4. The highest BCUT2D eigenvalue weighted by molar-refractivity contribution is 6.13. The number of rotatable bonds is 12. The molecule has 2 heterocycles. The molecule has 1 aromatic heterocycles. The summed E-state index contributed by atoms with van der Waals surface area (Å²) in [5.74, 6) is 0. The number of para-hydroxylation sites is 6. The third-order valence-corrected chi connectivity index (χ3v) is 19.3. The van der Waals surface area contributed by atoms with E-state index >= 15 is 0 Å². The molecule has 0 N–H and O–H groups in total. The monoisotopic (exact) mass is 1180 g/mol. The maximum Gasteiger partial charge on any atom is 0.0756 e. The van der Waals surface area contributed by atoms with E-state index in [1.807, 2.05) is 0 Å². The van der Waals surface area contributed by atoms with Crippen molar-refractivity contribution in [1.82, 2.24) is 4.57 Å². The maximum atomic E-state index is 2.55. The molecule has 15 aromatic rings. The molecule has 1 aliphatic heterocycles. The van der Waals surface area contributed by atoms with E-state index < -0.39 is 5.41 Å². The second kappa shape index (κ2) is 21.7. The lowest BCUT2D eigenvalue weighted by Crippen LogP contribution is -2.33. The van der Waals surface area contributed by atoms with Crippen molar-refractivity contribution < 1.29 is 0 Å². The number of hydrogen-bond acceptors (Lipinski definition) is 4. The van der Waals surface area contributed by atoms with Gasteiger partial charge in [0.25, 0.3) is 0 Å². The summed E-state index contributed by atoms with van der Waals surface area (Å²) in [6.07, 6.45) is 8.69. The molecule has 2 aliphatic carbocycles. The van der Waals surface area contributed by atoms with Crippen LogP contribution in [0, 0.1) is 0 Å². The van der Waals surface area contributed by atoms with E-state index in [-0.39, 0.29) is 0 Å². The van der Waals surface area contributed by atoms with E-state index in [2.05, 4.69) is 370 Å². The molecule has 1 atom stereocenters. The van der Waals surface area contributed by atoms with Crippen molar-refractivity contribution in [2.75, 3.05) is 19.6 Å². The molecular weight excluding hydrogens is 1110 g/mol. The van der Waals surface area contributed by atoms with E-state index in [0.717, 1.165) is 75.4 Å². The fourth-order valence-corrected chi connectivity index (χ4v) is 15.5. The van der Waals surface area contributed by atoms with Crippen LogP contribution in [-0.2, 0) is 5.41 Å². The summed E-state index contributed by atoms with van der Waals surface area (Å²) in [6, 6.07) is 121. The van der Waals surface area contributed by atoms with Crippen molar-refractivity contribution in [3.63, 3.8) is 0 Å². The Labute approximate surface area is 535 Å². The first-order valence-corrected chi connectivity index (χ1v) is 32.0. The van der Waals surface area contributed by atoms with Gasteiger partial charge in [-0.25, -0.2) is 0 Å². The van der Waals surface area contributed by atoms with Gasteiger partial charge in [0.2, 0.25) is 0 Å². The SMILES string of the molecule is C1=CCCC(N(c2ccccc2)c2ccc(N(c3ccc4c(c3)C3(c5cc(N(c6ccc(N(c7ccccc7)c7ccccc7)cc6)c6cccc7ccccc67)ccc5-4)c4ccccc4-n4c5ccccc5c5cccc3c54)c3cccc4ccccc34)cc2)=C1. The average molecular weight is 1180 g/mol. The number of fused-ring (bicyclic) bond motifs is 14. The molecule has 0 radical (unpaired) electrons. The van der Waals surface area contributed by atoms with Crippen LogP contribution >= 0.6 is 0 Å². The minimum absolute atomic E-state index is 0.788.